The number of benzene rings is 2. The fraction of sp³-hybridized carbons (Fsp3) is 0.294. The molecule has 0 aliphatic rings. The summed E-state index contributed by atoms with van der Waals surface area (Å²) in [4.78, 5) is 0. The summed E-state index contributed by atoms with van der Waals surface area (Å²) in [6, 6.07) is 8.30. The molecule has 3 radical (unpaired) electrons. The molecule has 0 spiro atoms. The van der Waals surface area contributed by atoms with E-state index in [0.29, 0.717) is 16.7 Å². The number of aromatic hydroxyl groups is 3. The molecule has 2 aromatic carbocycles. The van der Waals surface area contributed by atoms with Crippen LogP contribution in [-0.2, 0) is 5.41 Å². The van der Waals surface area contributed by atoms with Crippen molar-refractivity contribution in [1.82, 2.24) is 0 Å². The highest BCUT2D eigenvalue weighted by Crippen LogP contribution is 2.40. The molecule has 0 atom stereocenters. The minimum absolute atomic E-state index is 0.0432. The minimum Gasteiger partial charge on any atom is -0.508 e. The van der Waals surface area contributed by atoms with Crippen LogP contribution in [0.3, 0.4) is 0 Å². The van der Waals surface area contributed by atoms with Crippen LogP contribution in [0, 0.1) is 6.92 Å². The summed E-state index contributed by atoms with van der Waals surface area (Å²) in [6.45, 7) is 7.95. The molecule has 0 aliphatic carbocycles. The Labute approximate surface area is 216 Å². The molecule has 0 fully saturated rings. The predicted molar refractivity (Wildman–Crippen MR) is 133 cm³/mol. The van der Waals surface area contributed by atoms with Crippen LogP contribution in [0.15, 0.2) is 30.3 Å². The summed E-state index contributed by atoms with van der Waals surface area (Å²) < 4.78 is 0. The molecule has 2 aromatic rings. The lowest BCUT2D eigenvalue weighted by atomic mass is 9.85. The molecule has 0 heterocycles. The fourth-order valence-electron chi connectivity index (χ4n) is 2.12. The zero-order chi connectivity index (χ0) is 23.2. The molecule has 3 nitrogen and oxygen atoms in total. The van der Waals surface area contributed by atoms with Gasteiger partial charge in [0.25, 0.3) is 0 Å². The highest BCUT2D eigenvalue weighted by Gasteiger charge is 2.18. The van der Waals surface area contributed by atoms with Crippen molar-refractivity contribution in [3.8, 4) is 28.4 Å². The van der Waals surface area contributed by atoms with Gasteiger partial charge in [0, 0.05) is 11.1 Å². The lowest BCUT2D eigenvalue weighted by Gasteiger charge is -2.20. The standard InChI is InChI=1S/C17H20O3.3Al.6ClH/c1-10-7-16(20)13(9-15(10)19)12-8-11(17(2,3)4)5-6-14(12)18;;;;;;;;;/h5-9,18-20H,1-4H3;;;;6*1H/q;3*+2;;;;;;/p-6. The molecule has 29 heavy (non-hydrogen) atoms. The van der Waals surface area contributed by atoms with Gasteiger partial charge in [-0.2, -0.15) is 0 Å². The third kappa shape index (κ3) is 13.4. The number of hydrogen-bond donors (Lipinski definition) is 3. The number of halogens is 6. The van der Waals surface area contributed by atoms with Crippen LogP contribution < -0.4 is 0 Å². The maximum Gasteiger partial charge on any atom is 0.495 e. The van der Waals surface area contributed by atoms with E-state index in [2.05, 4.69) is 20.8 Å². The second kappa shape index (κ2) is 17.7. The average molecular weight is 566 g/mol. The Morgan fingerprint density at radius 1 is 0.655 bits per heavy atom. The first-order valence-corrected chi connectivity index (χ1v) is 18.3. The summed E-state index contributed by atoms with van der Waals surface area (Å²) in [7, 11) is 29.1. The Balaban J connectivity index is 0. The van der Waals surface area contributed by atoms with Gasteiger partial charge < -0.3 is 15.3 Å². The van der Waals surface area contributed by atoms with Crippen molar-refractivity contribution in [3.05, 3.63) is 41.5 Å². The van der Waals surface area contributed by atoms with E-state index in [0.717, 1.165) is 5.56 Å². The third-order valence-corrected chi connectivity index (χ3v) is 3.47. The molecule has 0 aromatic heterocycles. The predicted octanol–water partition coefficient (Wildman–Crippen LogP) is 7.07. The normalized spacial score (nSPS) is 9.45. The summed E-state index contributed by atoms with van der Waals surface area (Å²) in [5.74, 6) is 0.219. The van der Waals surface area contributed by atoms with E-state index in [4.69, 9.17) is 60.3 Å². The SMILES string of the molecule is Cc1cc(O)c(-c2cc(C(C)(C)C)ccc2O)cc1O.[Cl][Al][Cl].[Cl][Al][Cl].[Cl][Al][Cl]. The maximum absolute atomic E-state index is 10.1. The lowest BCUT2D eigenvalue weighted by Crippen LogP contribution is -2.10. The van der Waals surface area contributed by atoms with Crippen LogP contribution in [0.5, 0.6) is 17.2 Å². The lowest BCUT2D eigenvalue weighted by molar-refractivity contribution is 0.456. The van der Waals surface area contributed by atoms with Crippen LogP contribution in [0.25, 0.3) is 11.1 Å². The quantitative estimate of drug-likeness (QED) is 0.256. The Bertz CT molecular complexity index is 726. The summed E-state index contributed by atoms with van der Waals surface area (Å²) >= 11 is -0.917. The van der Waals surface area contributed by atoms with Gasteiger partial charge in [0.2, 0.25) is 0 Å². The van der Waals surface area contributed by atoms with Crippen molar-refractivity contribution in [3.63, 3.8) is 0 Å². The van der Waals surface area contributed by atoms with Crippen LogP contribution >= 0.6 is 60.3 Å². The number of hydrogen-bond acceptors (Lipinski definition) is 3. The molecule has 157 valence electrons. The molecular weight excluding hydrogens is 546 g/mol. The summed E-state index contributed by atoms with van der Waals surface area (Å²) in [6.07, 6.45) is 0. The van der Waals surface area contributed by atoms with Gasteiger partial charge in [-0.05, 0) is 47.7 Å². The molecular formula is C17H20Al3Cl6O3. The van der Waals surface area contributed by atoms with Crippen LogP contribution in [0.1, 0.15) is 31.9 Å². The van der Waals surface area contributed by atoms with Gasteiger partial charge >= 0.3 is 40.1 Å². The smallest absolute Gasteiger partial charge is 0.495 e. The molecule has 2 rings (SSSR count). The number of rotatable bonds is 1. The Hall–Kier alpha value is 1.18. The molecule has 12 heteroatoms. The number of phenols is 3. The Morgan fingerprint density at radius 2 is 1.07 bits per heavy atom. The van der Waals surface area contributed by atoms with E-state index in [9.17, 15) is 15.3 Å². The van der Waals surface area contributed by atoms with Gasteiger partial charge in [0.1, 0.15) is 17.2 Å². The zero-order valence-corrected chi connectivity index (χ0v) is 24.2. The van der Waals surface area contributed by atoms with E-state index >= 15 is 0 Å². The molecule has 0 amide bonds. The van der Waals surface area contributed by atoms with Crippen molar-refractivity contribution in [2.45, 2.75) is 33.1 Å². The molecule has 0 aliphatic heterocycles. The molecule has 0 saturated heterocycles. The number of aryl methyl sites for hydroxylation is 1. The van der Waals surface area contributed by atoms with Gasteiger partial charge in [-0.1, -0.05) is 26.8 Å². The van der Waals surface area contributed by atoms with Crippen LogP contribution in [-0.4, -0.2) is 55.4 Å². The van der Waals surface area contributed by atoms with Gasteiger partial charge in [-0.3, -0.25) is 0 Å². The van der Waals surface area contributed by atoms with E-state index in [1.807, 2.05) is 12.1 Å². The third-order valence-electron chi connectivity index (χ3n) is 3.47. The van der Waals surface area contributed by atoms with Crippen molar-refractivity contribution in [1.29, 1.82) is 0 Å². The van der Waals surface area contributed by atoms with Gasteiger partial charge in [0.05, 0.1) is 0 Å². The highest BCUT2D eigenvalue weighted by molar-refractivity contribution is 7.23. The van der Waals surface area contributed by atoms with Crippen molar-refractivity contribution in [2.24, 2.45) is 0 Å². The van der Waals surface area contributed by atoms with Crippen molar-refractivity contribution in [2.75, 3.05) is 0 Å². The second-order valence-corrected chi connectivity index (χ2v) is 12.8. The molecule has 0 saturated carbocycles. The summed E-state index contributed by atoms with van der Waals surface area (Å²) in [5.41, 5.74) is 2.52. The van der Waals surface area contributed by atoms with E-state index in [-0.39, 0.29) is 62.8 Å². The fourth-order valence-corrected chi connectivity index (χ4v) is 2.12. The maximum atomic E-state index is 10.1. The first-order chi connectivity index (χ1) is 13.4. The second-order valence-electron chi connectivity index (χ2n) is 6.39. The topological polar surface area (TPSA) is 60.7 Å². The zero-order valence-electron chi connectivity index (χ0n) is 16.2. The molecule has 3 N–H and O–H groups in total. The summed E-state index contributed by atoms with van der Waals surface area (Å²) in [5, 5.41) is 29.9. The largest absolute Gasteiger partial charge is 0.508 e. The van der Waals surface area contributed by atoms with Gasteiger partial charge in [-0.25, -0.2) is 60.3 Å². The average Bonchev–Trinajstić information content (AvgIpc) is 2.60. The van der Waals surface area contributed by atoms with Crippen molar-refractivity contribution >= 4 is 100 Å². The van der Waals surface area contributed by atoms with E-state index in [1.54, 1.807) is 13.0 Å². The van der Waals surface area contributed by atoms with Gasteiger partial charge in [0.15, 0.2) is 0 Å². The van der Waals surface area contributed by atoms with E-state index < -0.39 is 0 Å². The first kappa shape index (κ1) is 32.4. The van der Waals surface area contributed by atoms with Crippen LogP contribution in [0.4, 0.5) is 0 Å². The monoisotopic (exact) mass is 563 g/mol. The van der Waals surface area contributed by atoms with Crippen LogP contribution in [0.2, 0.25) is 0 Å². The van der Waals surface area contributed by atoms with E-state index in [1.165, 1.54) is 12.1 Å². The van der Waals surface area contributed by atoms with Gasteiger partial charge in [-0.15, -0.1) is 0 Å². The Morgan fingerprint density at radius 3 is 1.48 bits per heavy atom. The molecule has 0 bridgehead atoms. The first-order valence-electron chi connectivity index (χ1n) is 7.87. The minimum atomic E-state index is -0.306. The highest BCUT2D eigenvalue weighted by atomic mass is 35.7. The van der Waals surface area contributed by atoms with Crippen molar-refractivity contribution < 1.29 is 15.3 Å². The molecule has 0 unspecified atom stereocenters. The number of phenolic OH excluding ortho intramolecular Hbond substituents is 3. The Kier molecular flexibility index (Phi) is 19.7.